The zero-order chi connectivity index (χ0) is 10.3. The second-order valence-corrected chi connectivity index (χ2v) is 2.29. The lowest BCUT2D eigenvalue weighted by molar-refractivity contribution is -0.143. The van der Waals surface area contributed by atoms with E-state index in [9.17, 15) is 9.59 Å². The number of rotatable bonds is 5. The minimum atomic E-state index is -1.15. The molecule has 0 bridgehead atoms. The summed E-state index contributed by atoms with van der Waals surface area (Å²) in [5, 5.41) is 10.8. The number of carboxylic acid groups (broad SMARTS) is 1. The lowest BCUT2D eigenvalue weighted by Crippen LogP contribution is -2.43. The Hall–Kier alpha value is -1.54. The van der Waals surface area contributed by atoms with Crippen molar-refractivity contribution >= 4 is 11.9 Å². The number of hydrogen-bond acceptors (Lipinski definition) is 3. The average Bonchev–Trinajstić information content (AvgIpc) is 2.04. The van der Waals surface area contributed by atoms with Gasteiger partial charge in [-0.05, 0) is 0 Å². The van der Waals surface area contributed by atoms with E-state index >= 15 is 0 Å². The first-order valence-electron chi connectivity index (χ1n) is 3.56. The van der Waals surface area contributed by atoms with Crippen LogP contribution in [0.5, 0.6) is 0 Å². The predicted molar refractivity (Wildman–Crippen MR) is 44.9 cm³/mol. The molecule has 13 heavy (non-hydrogen) atoms. The molecule has 0 aliphatic heterocycles. The monoisotopic (exact) mass is 185 g/mol. The number of hydrogen-bond donors (Lipinski definition) is 2. The first kappa shape index (κ1) is 11.5. The van der Waals surface area contributed by atoms with Crippen LogP contribution in [0.2, 0.25) is 0 Å². The fourth-order valence-corrected chi connectivity index (χ4v) is 0.679. The highest BCUT2D eigenvalue weighted by atomic mass is 16.5. The van der Waals surface area contributed by atoms with Crippen molar-refractivity contribution < 1.29 is 19.4 Å². The topological polar surface area (TPSA) is 75.6 Å². The molecule has 0 rings (SSSR count). The maximum Gasteiger partial charge on any atom is 0.328 e. The molecule has 5 heteroatoms. The van der Waals surface area contributed by atoms with Crippen molar-refractivity contribution in [2.75, 3.05) is 13.7 Å². The highest BCUT2D eigenvalue weighted by molar-refractivity contribution is 5.84. The number of carbonyl (C=O) groups is 2. The van der Waals surface area contributed by atoms with Crippen LogP contribution in [0.3, 0.4) is 0 Å². The van der Waals surface area contributed by atoms with Crippen LogP contribution < -0.4 is 5.32 Å². The van der Waals surface area contributed by atoms with Gasteiger partial charge in [0.15, 0.2) is 6.04 Å². The second-order valence-electron chi connectivity index (χ2n) is 2.29. The molecule has 0 aromatic heterocycles. The van der Waals surface area contributed by atoms with Gasteiger partial charge in [0.05, 0.1) is 13.0 Å². The third kappa shape index (κ3) is 4.82. The van der Waals surface area contributed by atoms with Crippen LogP contribution in [0, 0.1) is 12.3 Å². The zero-order valence-corrected chi connectivity index (χ0v) is 7.24. The number of carbonyl (C=O) groups excluding carboxylic acids is 1. The van der Waals surface area contributed by atoms with Crippen LogP contribution in [0.15, 0.2) is 0 Å². The number of nitrogens with one attached hydrogen (secondary N) is 1. The molecule has 0 spiro atoms. The summed E-state index contributed by atoms with van der Waals surface area (Å²) >= 11 is 0. The third-order valence-corrected chi connectivity index (χ3v) is 1.23. The molecule has 5 nitrogen and oxygen atoms in total. The van der Waals surface area contributed by atoms with Crippen molar-refractivity contribution in [3.8, 4) is 12.3 Å². The van der Waals surface area contributed by atoms with Crippen molar-refractivity contribution in [1.29, 1.82) is 0 Å². The Morgan fingerprint density at radius 2 is 2.31 bits per heavy atom. The minimum Gasteiger partial charge on any atom is -0.480 e. The Morgan fingerprint density at radius 3 is 2.69 bits per heavy atom. The highest BCUT2D eigenvalue weighted by Gasteiger charge is 2.18. The molecule has 0 aromatic rings. The summed E-state index contributed by atoms with van der Waals surface area (Å²) in [5.41, 5.74) is 0. The van der Waals surface area contributed by atoms with Crippen LogP contribution >= 0.6 is 0 Å². The van der Waals surface area contributed by atoms with E-state index in [0.717, 1.165) is 0 Å². The molecule has 1 atom stereocenters. The van der Waals surface area contributed by atoms with E-state index < -0.39 is 17.9 Å². The maximum atomic E-state index is 10.9. The van der Waals surface area contributed by atoms with Gasteiger partial charge >= 0.3 is 5.97 Å². The van der Waals surface area contributed by atoms with Crippen molar-refractivity contribution in [1.82, 2.24) is 5.32 Å². The number of amides is 1. The SMILES string of the molecule is C#CCC(=O)NC(COC)C(=O)O. The van der Waals surface area contributed by atoms with E-state index in [-0.39, 0.29) is 13.0 Å². The first-order valence-corrected chi connectivity index (χ1v) is 3.56. The molecular weight excluding hydrogens is 174 g/mol. The number of carboxylic acids is 1. The van der Waals surface area contributed by atoms with Crippen LogP contribution in [0.25, 0.3) is 0 Å². The molecule has 0 saturated heterocycles. The van der Waals surface area contributed by atoms with E-state index in [1.165, 1.54) is 7.11 Å². The number of aliphatic carboxylic acids is 1. The van der Waals surface area contributed by atoms with E-state index in [0.29, 0.717) is 0 Å². The molecule has 0 aliphatic rings. The Balaban J connectivity index is 4.03. The average molecular weight is 185 g/mol. The molecule has 0 saturated carbocycles. The standard InChI is InChI=1S/C8H11NO4/c1-3-4-7(10)9-6(5-13-2)8(11)12/h1,6H,4-5H2,2H3,(H,9,10)(H,11,12). The van der Waals surface area contributed by atoms with Gasteiger partial charge in [-0.1, -0.05) is 5.92 Å². The fraction of sp³-hybridized carbons (Fsp3) is 0.500. The molecule has 0 aromatic carbocycles. The van der Waals surface area contributed by atoms with E-state index in [4.69, 9.17) is 11.5 Å². The van der Waals surface area contributed by atoms with Gasteiger partial charge in [0, 0.05) is 7.11 Å². The Morgan fingerprint density at radius 1 is 1.69 bits per heavy atom. The van der Waals surface area contributed by atoms with Crippen molar-refractivity contribution in [3.63, 3.8) is 0 Å². The summed E-state index contributed by atoms with van der Waals surface area (Å²) in [6.07, 6.45) is 4.73. The summed E-state index contributed by atoms with van der Waals surface area (Å²) in [4.78, 5) is 21.3. The van der Waals surface area contributed by atoms with E-state index in [1.807, 2.05) is 0 Å². The predicted octanol–water partition coefficient (Wildman–Crippen LogP) is -0.774. The Bertz CT molecular complexity index is 231. The van der Waals surface area contributed by atoms with Gasteiger partial charge in [-0.25, -0.2) is 4.79 Å². The van der Waals surface area contributed by atoms with Crippen LogP contribution in [0.1, 0.15) is 6.42 Å². The smallest absolute Gasteiger partial charge is 0.328 e. The minimum absolute atomic E-state index is 0.0777. The van der Waals surface area contributed by atoms with E-state index in [2.05, 4.69) is 16.0 Å². The largest absolute Gasteiger partial charge is 0.480 e. The summed E-state index contributed by atoms with van der Waals surface area (Å²) < 4.78 is 4.60. The van der Waals surface area contributed by atoms with Gasteiger partial charge in [-0.2, -0.15) is 0 Å². The molecule has 2 N–H and O–H groups in total. The lowest BCUT2D eigenvalue weighted by Gasteiger charge is -2.11. The Labute approximate surface area is 76.1 Å². The van der Waals surface area contributed by atoms with Gasteiger partial charge in [-0.3, -0.25) is 4.79 Å². The molecule has 0 radical (unpaired) electrons. The normalized spacial score (nSPS) is 11.4. The summed E-state index contributed by atoms with van der Waals surface area (Å²) in [6, 6.07) is -1.04. The molecule has 0 heterocycles. The first-order chi connectivity index (χ1) is 6.11. The van der Waals surface area contributed by atoms with Gasteiger partial charge in [0.2, 0.25) is 5.91 Å². The zero-order valence-electron chi connectivity index (χ0n) is 7.24. The summed E-state index contributed by atoms with van der Waals surface area (Å²) in [7, 11) is 1.35. The summed E-state index contributed by atoms with van der Waals surface area (Å²) in [6.45, 7) is -0.0777. The molecular formula is C8H11NO4. The molecule has 72 valence electrons. The Kier molecular flexibility index (Phi) is 5.32. The molecule has 0 fully saturated rings. The van der Waals surface area contributed by atoms with Crippen molar-refractivity contribution in [3.05, 3.63) is 0 Å². The van der Waals surface area contributed by atoms with E-state index in [1.54, 1.807) is 0 Å². The van der Waals surface area contributed by atoms with Crippen LogP contribution in [0.4, 0.5) is 0 Å². The molecule has 1 amide bonds. The fourth-order valence-electron chi connectivity index (χ4n) is 0.679. The van der Waals surface area contributed by atoms with Gasteiger partial charge < -0.3 is 15.2 Å². The molecule has 1 unspecified atom stereocenters. The van der Waals surface area contributed by atoms with Gasteiger partial charge in [0.1, 0.15) is 0 Å². The van der Waals surface area contributed by atoms with Gasteiger partial charge in [-0.15, -0.1) is 6.42 Å². The maximum absolute atomic E-state index is 10.9. The van der Waals surface area contributed by atoms with Crippen molar-refractivity contribution in [2.45, 2.75) is 12.5 Å². The van der Waals surface area contributed by atoms with Gasteiger partial charge in [0.25, 0.3) is 0 Å². The third-order valence-electron chi connectivity index (χ3n) is 1.23. The van der Waals surface area contributed by atoms with Crippen molar-refractivity contribution in [2.24, 2.45) is 0 Å². The number of methoxy groups -OCH3 is 1. The molecule has 0 aliphatic carbocycles. The number of ether oxygens (including phenoxy) is 1. The summed E-state index contributed by atoms with van der Waals surface area (Å²) in [5.74, 6) is 0.468. The van der Waals surface area contributed by atoms with Crippen LogP contribution in [-0.4, -0.2) is 36.7 Å². The highest BCUT2D eigenvalue weighted by Crippen LogP contribution is 1.87. The van der Waals surface area contributed by atoms with Crippen LogP contribution in [-0.2, 0) is 14.3 Å². The number of terminal acetylenes is 1. The lowest BCUT2D eigenvalue weighted by atomic mass is 10.3. The quantitative estimate of drug-likeness (QED) is 0.551. The second kappa shape index (κ2) is 6.03.